The molecule has 0 radical (unpaired) electrons. The molecule has 0 amide bonds. The van der Waals surface area contributed by atoms with Gasteiger partial charge >= 0.3 is 5.97 Å². The van der Waals surface area contributed by atoms with Crippen molar-refractivity contribution in [3.63, 3.8) is 0 Å². The number of hydrogen-bond donors (Lipinski definition) is 1. The molecule has 5 heteroatoms. The Labute approximate surface area is 109 Å². The number of anilines is 1. The number of rotatable bonds is 5. The molecule has 1 aliphatic carbocycles. The molecule has 1 saturated carbocycles. The first-order chi connectivity index (χ1) is 9.02. The van der Waals surface area contributed by atoms with E-state index in [1.807, 2.05) is 0 Å². The zero-order valence-electron chi connectivity index (χ0n) is 10.2. The van der Waals surface area contributed by atoms with E-state index in [1.54, 1.807) is 0 Å². The molecule has 0 bridgehead atoms. The lowest BCUT2D eigenvalue weighted by molar-refractivity contribution is 0.0696. The number of nitrogens with zero attached hydrogens (tertiary/aromatic N) is 1. The number of benzene rings is 1. The molecule has 1 aromatic carbocycles. The van der Waals surface area contributed by atoms with Crippen LogP contribution >= 0.6 is 0 Å². The predicted octanol–water partition coefficient (Wildman–Crippen LogP) is 2.51. The third kappa shape index (κ3) is 3.02. The smallest absolute Gasteiger partial charge is 0.335 e. The number of terminal acetylenes is 1. The molecule has 100 valence electrons. The molecular weight excluding hydrogens is 252 g/mol. The number of carbonyl (C=O) groups is 1. The fraction of sp³-hybridized carbons (Fsp3) is 0.357. The highest BCUT2D eigenvalue weighted by Crippen LogP contribution is 2.33. The van der Waals surface area contributed by atoms with Crippen molar-refractivity contribution in [1.82, 2.24) is 0 Å². The van der Waals surface area contributed by atoms with E-state index in [0.717, 1.165) is 25.0 Å². The number of carboxylic acid groups (broad SMARTS) is 1. The second kappa shape index (κ2) is 5.27. The molecule has 0 heterocycles. The highest BCUT2D eigenvalue weighted by atomic mass is 19.1. The molecule has 0 spiro atoms. The van der Waals surface area contributed by atoms with Crippen molar-refractivity contribution < 1.29 is 18.7 Å². The third-order valence-electron chi connectivity index (χ3n) is 3.04. The average molecular weight is 265 g/mol. The normalized spacial score (nSPS) is 13.9. The Morgan fingerprint density at radius 2 is 2.00 bits per heavy atom. The number of aromatic carboxylic acids is 1. The molecule has 1 N–H and O–H groups in total. The molecule has 0 aromatic heterocycles. The van der Waals surface area contributed by atoms with Crippen LogP contribution in [0.3, 0.4) is 0 Å². The Balaban J connectivity index is 2.35. The molecule has 1 aromatic rings. The van der Waals surface area contributed by atoms with Crippen molar-refractivity contribution >= 4 is 11.7 Å². The van der Waals surface area contributed by atoms with Crippen molar-refractivity contribution in [2.24, 2.45) is 5.92 Å². The minimum atomic E-state index is -1.37. The highest BCUT2D eigenvalue weighted by molar-refractivity contribution is 5.88. The van der Waals surface area contributed by atoms with Gasteiger partial charge in [-0.3, -0.25) is 0 Å². The Morgan fingerprint density at radius 1 is 1.42 bits per heavy atom. The summed E-state index contributed by atoms with van der Waals surface area (Å²) in [4.78, 5) is 12.2. The first kappa shape index (κ1) is 13.3. The van der Waals surface area contributed by atoms with Crippen molar-refractivity contribution in [3.05, 3.63) is 29.3 Å². The number of halogens is 2. The van der Waals surface area contributed by atoms with Crippen LogP contribution in [0.5, 0.6) is 0 Å². The third-order valence-corrected chi connectivity index (χ3v) is 3.04. The summed E-state index contributed by atoms with van der Waals surface area (Å²) in [5.41, 5.74) is -0.652. The largest absolute Gasteiger partial charge is 0.478 e. The van der Waals surface area contributed by atoms with Crippen LogP contribution in [-0.2, 0) is 0 Å². The van der Waals surface area contributed by atoms with Crippen molar-refractivity contribution in [3.8, 4) is 12.3 Å². The molecule has 19 heavy (non-hydrogen) atoms. The lowest BCUT2D eigenvalue weighted by Crippen LogP contribution is -2.28. The summed E-state index contributed by atoms with van der Waals surface area (Å²) in [6.45, 7) is 0.585. The summed E-state index contributed by atoms with van der Waals surface area (Å²) < 4.78 is 27.8. The van der Waals surface area contributed by atoms with Crippen molar-refractivity contribution in [2.75, 3.05) is 18.0 Å². The van der Waals surface area contributed by atoms with Gasteiger partial charge in [0.15, 0.2) is 0 Å². The van der Waals surface area contributed by atoms with E-state index >= 15 is 0 Å². The topological polar surface area (TPSA) is 40.5 Å². The van der Waals surface area contributed by atoms with Gasteiger partial charge < -0.3 is 10.0 Å². The first-order valence-electron chi connectivity index (χ1n) is 5.93. The van der Waals surface area contributed by atoms with E-state index in [0.29, 0.717) is 12.5 Å². The van der Waals surface area contributed by atoms with Crippen LogP contribution in [0.25, 0.3) is 0 Å². The number of carboxylic acids is 1. The summed E-state index contributed by atoms with van der Waals surface area (Å²) in [6, 6.07) is 1.63. The molecular formula is C14H13F2NO2. The second-order valence-corrected chi connectivity index (χ2v) is 4.62. The summed E-state index contributed by atoms with van der Waals surface area (Å²) in [5, 5.41) is 8.74. The highest BCUT2D eigenvalue weighted by Gasteiger charge is 2.27. The summed E-state index contributed by atoms with van der Waals surface area (Å²) >= 11 is 0. The SMILES string of the molecule is C#CCN(CC1CC1)c1c(F)cc(C(=O)O)cc1F. The van der Waals surface area contributed by atoms with E-state index in [2.05, 4.69) is 5.92 Å². The van der Waals surface area contributed by atoms with Crippen LogP contribution in [-0.4, -0.2) is 24.2 Å². The fourth-order valence-electron chi connectivity index (χ4n) is 1.95. The Hall–Kier alpha value is -2.09. The van der Waals surface area contributed by atoms with E-state index < -0.39 is 23.2 Å². The lowest BCUT2D eigenvalue weighted by atomic mass is 10.1. The zero-order chi connectivity index (χ0) is 14.0. The Morgan fingerprint density at radius 3 is 2.42 bits per heavy atom. The molecule has 1 aliphatic rings. The fourth-order valence-corrected chi connectivity index (χ4v) is 1.95. The summed E-state index contributed by atoms with van der Waals surface area (Å²) in [6.07, 6.45) is 7.26. The van der Waals surface area contributed by atoms with Crippen LogP contribution in [0.2, 0.25) is 0 Å². The average Bonchev–Trinajstić information content (AvgIpc) is 3.12. The molecule has 2 rings (SSSR count). The second-order valence-electron chi connectivity index (χ2n) is 4.62. The molecule has 0 atom stereocenters. The molecule has 0 aliphatic heterocycles. The van der Waals surface area contributed by atoms with Gasteiger partial charge in [-0.2, -0.15) is 0 Å². The van der Waals surface area contributed by atoms with Crippen LogP contribution in [0, 0.1) is 29.9 Å². The van der Waals surface area contributed by atoms with Crippen molar-refractivity contribution in [2.45, 2.75) is 12.8 Å². The van der Waals surface area contributed by atoms with E-state index in [4.69, 9.17) is 11.5 Å². The monoisotopic (exact) mass is 265 g/mol. The molecule has 1 fully saturated rings. The molecule has 0 unspecified atom stereocenters. The minimum Gasteiger partial charge on any atom is -0.478 e. The van der Waals surface area contributed by atoms with Gasteiger partial charge in [-0.1, -0.05) is 5.92 Å². The van der Waals surface area contributed by atoms with Crippen LogP contribution in [0.15, 0.2) is 12.1 Å². The van der Waals surface area contributed by atoms with E-state index in [1.165, 1.54) is 4.90 Å². The number of hydrogen-bond acceptors (Lipinski definition) is 2. The standard InChI is InChI=1S/C14H13F2NO2/c1-2-5-17(8-9-3-4-9)13-11(15)6-10(14(18)19)7-12(13)16/h1,6-7,9H,3-5,8H2,(H,18,19). The van der Waals surface area contributed by atoms with Gasteiger partial charge in [0.05, 0.1) is 12.1 Å². The predicted molar refractivity (Wildman–Crippen MR) is 67.1 cm³/mol. The lowest BCUT2D eigenvalue weighted by Gasteiger charge is -2.23. The Kier molecular flexibility index (Phi) is 3.70. The van der Waals surface area contributed by atoms with Crippen LogP contribution in [0.4, 0.5) is 14.5 Å². The van der Waals surface area contributed by atoms with Crippen molar-refractivity contribution in [1.29, 1.82) is 0 Å². The van der Waals surface area contributed by atoms with Gasteiger partial charge in [0.25, 0.3) is 0 Å². The van der Waals surface area contributed by atoms with Crippen LogP contribution in [0.1, 0.15) is 23.2 Å². The summed E-state index contributed by atoms with van der Waals surface area (Å²) in [5.74, 6) is -0.380. The maximum Gasteiger partial charge on any atom is 0.335 e. The maximum absolute atomic E-state index is 13.9. The van der Waals surface area contributed by atoms with Gasteiger partial charge in [-0.15, -0.1) is 6.42 Å². The minimum absolute atomic E-state index is 0.0940. The van der Waals surface area contributed by atoms with Gasteiger partial charge in [0.1, 0.15) is 17.3 Å². The van der Waals surface area contributed by atoms with Gasteiger partial charge in [0.2, 0.25) is 0 Å². The Bertz CT molecular complexity index is 524. The van der Waals surface area contributed by atoms with Gasteiger partial charge in [0, 0.05) is 6.54 Å². The van der Waals surface area contributed by atoms with Crippen LogP contribution < -0.4 is 4.90 Å². The maximum atomic E-state index is 13.9. The quantitative estimate of drug-likeness (QED) is 0.832. The first-order valence-corrected chi connectivity index (χ1v) is 5.93. The van der Waals surface area contributed by atoms with E-state index in [-0.39, 0.29) is 12.2 Å². The van der Waals surface area contributed by atoms with Gasteiger partial charge in [-0.05, 0) is 30.9 Å². The molecule has 3 nitrogen and oxygen atoms in total. The van der Waals surface area contributed by atoms with E-state index in [9.17, 15) is 13.6 Å². The zero-order valence-corrected chi connectivity index (χ0v) is 10.2. The molecule has 0 saturated heterocycles. The summed E-state index contributed by atoms with van der Waals surface area (Å²) in [7, 11) is 0. The van der Waals surface area contributed by atoms with Gasteiger partial charge in [-0.25, -0.2) is 13.6 Å².